The van der Waals surface area contributed by atoms with Gasteiger partial charge >= 0.3 is 0 Å². The highest BCUT2D eigenvalue weighted by atomic mass is 79.9. The summed E-state index contributed by atoms with van der Waals surface area (Å²) >= 11 is 2.85. The summed E-state index contributed by atoms with van der Waals surface area (Å²) in [6.07, 6.45) is 0. The molecule has 0 heterocycles. The van der Waals surface area contributed by atoms with Gasteiger partial charge < -0.3 is 5.73 Å². The molecule has 0 amide bonds. The molecule has 0 saturated carbocycles. The SMILES string of the molecule is Br.C=C(N)Br. The standard InChI is InChI=1S/C2H4BrN.BrH/c1-2(3)4;/h1,4H2;1H. The number of rotatable bonds is 0. The van der Waals surface area contributed by atoms with Crippen LogP contribution in [-0.2, 0) is 0 Å². The van der Waals surface area contributed by atoms with Crippen molar-refractivity contribution in [3.63, 3.8) is 0 Å². The van der Waals surface area contributed by atoms with Crippen LogP contribution in [0.5, 0.6) is 0 Å². The third-order valence-corrected chi connectivity index (χ3v) is 0. The fourth-order valence-electron chi connectivity index (χ4n) is 0. The highest BCUT2D eigenvalue weighted by molar-refractivity contribution is 9.11. The van der Waals surface area contributed by atoms with Crippen LogP contribution in [0.2, 0.25) is 0 Å². The molecule has 32 valence electrons. The molecule has 0 atom stereocenters. The number of hydrogen-bond acceptors (Lipinski definition) is 1. The Morgan fingerprint density at radius 2 is 1.80 bits per heavy atom. The second kappa shape index (κ2) is 4.50. The molecule has 5 heavy (non-hydrogen) atoms. The van der Waals surface area contributed by atoms with Gasteiger partial charge in [-0.3, -0.25) is 0 Å². The second-order valence-electron chi connectivity index (χ2n) is 0.447. The third-order valence-electron chi connectivity index (χ3n) is 0. The number of halogens is 2. The first kappa shape index (κ1) is 9.09. The van der Waals surface area contributed by atoms with Gasteiger partial charge in [0.25, 0.3) is 0 Å². The average molecular weight is 203 g/mol. The maximum atomic E-state index is 4.83. The second-order valence-corrected chi connectivity index (χ2v) is 1.47. The van der Waals surface area contributed by atoms with Crippen LogP contribution in [-0.4, -0.2) is 0 Å². The van der Waals surface area contributed by atoms with E-state index in [2.05, 4.69) is 22.5 Å². The smallest absolute Gasteiger partial charge is 0.0681 e. The van der Waals surface area contributed by atoms with E-state index >= 15 is 0 Å². The van der Waals surface area contributed by atoms with Gasteiger partial charge in [-0.15, -0.1) is 17.0 Å². The van der Waals surface area contributed by atoms with Gasteiger partial charge in [0, 0.05) is 0 Å². The number of hydrogen-bond donors (Lipinski definition) is 1. The molecule has 0 aliphatic heterocycles. The van der Waals surface area contributed by atoms with Crippen molar-refractivity contribution < 1.29 is 0 Å². The van der Waals surface area contributed by atoms with Crippen LogP contribution >= 0.6 is 32.9 Å². The first-order valence-corrected chi connectivity index (χ1v) is 1.62. The Balaban J connectivity index is 0. The van der Waals surface area contributed by atoms with Crippen molar-refractivity contribution >= 4 is 32.9 Å². The molecule has 0 aliphatic rings. The molecule has 0 bridgehead atoms. The van der Waals surface area contributed by atoms with E-state index in [4.69, 9.17) is 5.73 Å². The molecule has 0 aromatic carbocycles. The van der Waals surface area contributed by atoms with Crippen LogP contribution in [0.1, 0.15) is 0 Å². The summed E-state index contributed by atoms with van der Waals surface area (Å²) in [7, 11) is 0. The molecule has 0 radical (unpaired) electrons. The third kappa shape index (κ3) is 113. The Bertz CT molecular complexity index is 30.6. The molecule has 2 N–H and O–H groups in total. The molecule has 0 spiro atoms. The molecule has 0 aliphatic carbocycles. The van der Waals surface area contributed by atoms with Crippen molar-refractivity contribution in [2.45, 2.75) is 0 Å². The van der Waals surface area contributed by atoms with Crippen molar-refractivity contribution in [2.75, 3.05) is 0 Å². The zero-order valence-electron chi connectivity index (χ0n) is 2.57. The fraction of sp³-hybridized carbons (Fsp3) is 0. The highest BCUT2D eigenvalue weighted by Crippen LogP contribution is 1.83. The monoisotopic (exact) mass is 201 g/mol. The van der Waals surface area contributed by atoms with Gasteiger partial charge in [0.15, 0.2) is 0 Å². The quantitative estimate of drug-likeness (QED) is 0.591. The first-order chi connectivity index (χ1) is 1.73. The van der Waals surface area contributed by atoms with Gasteiger partial charge in [0.1, 0.15) is 0 Å². The van der Waals surface area contributed by atoms with Gasteiger partial charge in [0.05, 0.1) is 4.61 Å². The predicted molar refractivity (Wildman–Crippen MR) is 32.6 cm³/mol. The van der Waals surface area contributed by atoms with Crippen molar-refractivity contribution in [3.05, 3.63) is 11.2 Å². The minimum absolute atomic E-state index is 0. The summed E-state index contributed by atoms with van der Waals surface area (Å²) in [5, 5.41) is 0. The molecule has 1 nitrogen and oxygen atoms in total. The zero-order chi connectivity index (χ0) is 3.58. The molecule has 0 fully saturated rings. The molecule has 0 rings (SSSR count). The van der Waals surface area contributed by atoms with Crippen LogP contribution in [0.15, 0.2) is 11.2 Å². The topological polar surface area (TPSA) is 26.0 Å². The lowest BCUT2D eigenvalue weighted by Crippen LogP contribution is -1.79. The van der Waals surface area contributed by atoms with Crippen LogP contribution < -0.4 is 5.73 Å². The molecule has 0 saturated heterocycles. The van der Waals surface area contributed by atoms with Crippen LogP contribution in [0.4, 0.5) is 0 Å². The van der Waals surface area contributed by atoms with Gasteiger partial charge in [0.2, 0.25) is 0 Å². The summed E-state index contributed by atoms with van der Waals surface area (Å²) in [5.41, 5.74) is 4.83. The summed E-state index contributed by atoms with van der Waals surface area (Å²) in [4.78, 5) is 0. The van der Waals surface area contributed by atoms with Gasteiger partial charge in [-0.05, 0) is 15.9 Å². The Hall–Kier alpha value is 0.500. The minimum atomic E-state index is 0. The maximum absolute atomic E-state index is 4.83. The fourth-order valence-corrected chi connectivity index (χ4v) is 0. The minimum Gasteiger partial charge on any atom is -0.394 e. The van der Waals surface area contributed by atoms with Gasteiger partial charge in [-0.25, -0.2) is 0 Å². The molecule has 0 aromatic rings. The lowest BCUT2D eigenvalue weighted by atomic mass is 11.1. The molecule has 0 unspecified atom stereocenters. The predicted octanol–water partition coefficient (Wildman–Crippen LogP) is 1.39. The molecule has 0 aromatic heterocycles. The van der Waals surface area contributed by atoms with Crippen LogP contribution in [0.25, 0.3) is 0 Å². The normalized spacial score (nSPS) is 5.00. The lowest BCUT2D eigenvalue weighted by Gasteiger charge is -1.65. The Morgan fingerprint density at radius 3 is 1.80 bits per heavy atom. The van der Waals surface area contributed by atoms with Gasteiger partial charge in [-0.1, -0.05) is 6.58 Å². The van der Waals surface area contributed by atoms with E-state index in [0.717, 1.165) is 0 Å². The van der Waals surface area contributed by atoms with E-state index < -0.39 is 0 Å². The summed E-state index contributed by atoms with van der Waals surface area (Å²) in [6, 6.07) is 0. The van der Waals surface area contributed by atoms with Gasteiger partial charge in [-0.2, -0.15) is 0 Å². The number of nitrogens with two attached hydrogens (primary N) is 1. The van der Waals surface area contributed by atoms with E-state index in [1.54, 1.807) is 0 Å². The summed E-state index contributed by atoms with van der Waals surface area (Å²) < 4.78 is 0.479. The van der Waals surface area contributed by atoms with E-state index in [1.165, 1.54) is 0 Å². The zero-order valence-corrected chi connectivity index (χ0v) is 5.87. The van der Waals surface area contributed by atoms with E-state index in [-0.39, 0.29) is 17.0 Å². The first-order valence-electron chi connectivity index (χ1n) is 0.831. The van der Waals surface area contributed by atoms with E-state index in [0.29, 0.717) is 4.61 Å². The Morgan fingerprint density at radius 1 is 1.80 bits per heavy atom. The average Bonchev–Trinajstić information content (AvgIpc) is 0.811. The lowest BCUT2D eigenvalue weighted by molar-refractivity contribution is 1.60. The molecular weight excluding hydrogens is 198 g/mol. The van der Waals surface area contributed by atoms with Crippen molar-refractivity contribution in [2.24, 2.45) is 5.73 Å². The molecular formula is C2H5Br2N. The maximum Gasteiger partial charge on any atom is 0.0681 e. The van der Waals surface area contributed by atoms with E-state index in [9.17, 15) is 0 Å². The highest BCUT2D eigenvalue weighted by Gasteiger charge is 1.54. The van der Waals surface area contributed by atoms with Crippen molar-refractivity contribution in [3.8, 4) is 0 Å². The van der Waals surface area contributed by atoms with Crippen LogP contribution in [0, 0.1) is 0 Å². The summed E-state index contributed by atoms with van der Waals surface area (Å²) in [5.74, 6) is 0. The molecule has 3 heteroatoms. The largest absolute Gasteiger partial charge is 0.394 e. The van der Waals surface area contributed by atoms with Crippen molar-refractivity contribution in [1.82, 2.24) is 0 Å². The van der Waals surface area contributed by atoms with Crippen LogP contribution in [0.3, 0.4) is 0 Å². The Labute approximate surface area is 50.1 Å². The van der Waals surface area contributed by atoms with Crippen molar-refractivity contribution in [1.29, 1.82) is 0 Å². The summed E-state index contributed by atoms with van der Waals surface area (Å²) in [6.45, 7) is 3.25. The Kier molecular flexibility index (Phi) is 8.18. The van der Waals surface area contributed by atoms with E-state index in [1.807, 2.05) is 0 Å².